The van der Waals surface area contributed by atoms with E-state index >= 15 is 0 Å². The molecule has 0 aromatic heterocycles. The van der Waals surface area contributed by atoms with Gasteiger partial charge in [0.15, 0.2) is 5.78 Å². The quantitative estimate of drug-likeness (QED) is 0.161. The fraction of sp³-hybridized carbons (Fsp3) is 0.714. The average Bonchev–Trinajstić information content (AvgIpc) is 4.17. The smallest absolute Gasteiger partial charge is 0.462 e. The van der Waals surface area contributed by atoms with Gasteiger partial charge in [-0.3, -0.25) is 9.59 Å². The molecule has 8 saturated carbocycles. The minimum Gasteiger partial charge on any atom is -1.00 e. The van der Waals surface area contributed by atoms with Gasteiger partial charge in [0.1, 0.15) is 17.2 Å². The number of nitrogens with two attached hydrogens (primary N) is 3. The summed E-state index contributed by atoms with van der Waals surface area (Å²) in [5.41, 5.74) is 20.8. The summed E-state index contributed by atoms with van der Waals surface area (Å²) in [6, 6.07) is 18.2. The molecule has 0 amide bonds. The van der Waals surface area contributed by atoms with Crippen LogP contribution >= 0.6 is 0 Å². The molecule has 7 N–H and O–H groups in total. The van der Waals surface area contributed by atoms with Crippen molar-refractivity contribution in [3.63, 3.8) is 0 Å². The molecule has 10 aliphatic rings. The van der Waals surface area contributed by atoms with Crippen LogP contribution < -0.4 is 34.3 Å². The first-order valence-corrected chi connectivity index (χ1v) is 26.2. The number of sulfonamides is 1. The topological polar surface area (TPSA) is 195 Å². The van der Waals surface area contributed by atoms with E-state index in [4.69, 9.17) is 35.8 Å². The van der Waals surface area contributed by atoms with Gasteiger partial charge in [0.05, 0.1) is 30.5 Å². The highest BCUT2D eigenvalue weighted by Crippen LogP contribution is 2.66. The molecule has 356 valence electrons. The number of hydrogen-bond acceptors (Lipinski definition) is 11. The molecule has 65 heavy (non-hydrogen) atoms. The Bertz CT molecular complexity index is 2140. The van der Waals surface area contributed by atoms with Crippen LogP contribution in [0.5, 0.6) is 0 Å². The molecule has 2 unspecified atom stereocenters. The lowest BCUT2D eigenvalue weighted by molar-refractivity contribution is -0.205. The molecule has 8 aliphatic carbocycles. The van der Waals surface area contributed by atoms with Crippen molar-refractivity contribution in [3.8, 4) is 0 Å². The van der Waals surface area contributed by atoms with Gasteiger partial charge in [0.2, 0.25) is 10.0 Å². The Morgan fingerprint density at radius 1 is 0.692 bits per heavy atom. The summed E-state index contributed by atoms with van der Waals surface area (Å²) in [5.74, 6) is 2.97. The van der Waals surface area contributed by atoms with Gasteiger partial charge < -0.3 is 48.2 Å². The minimum absolute atomic E-state index is 0. The summed E-state index contributed by atoms with van der Waals surface area (Å²) < 4.78 is 52.5. The molecule has 12 atom stereocenters. The molecule has 2 saturated heterocycles. The fourth-order valence-corrected chi connectivity index (χ4v) is 13.5. The Morgan fingerprint density at radius 2 is 1.11 bits per heavy atom. The van der Waals surface area contributed by atoms with Crippen LogP contribution in [0.4, 0.5) is 0 Å². The first-order valence-electron chi connectivity index (χ1n) is 24.3. The molecular formula is C49H72B2ClN4O8S-. The van der Waals surface area contributed by atoms with Crippen molar-refractivity contribution in [3.05, 3.63) is 71.8 Å². The molecule has 12 nitrogen and oxygen atoms in total. The third kappa shape index (κ3) is 10.3. The SMILES string of the molecule is CC1(C)[C@@H]2C[C@H]3OB([C@@H](CC(=O)C(Cc4ccccc4)NS(C)(=O)=O)CC4CC4)O[C@@]3(N)[C@H]1C2.CC1(C)[C@@H]2C[C@H]3OB([C@@H](CC(=O)C(N)Cc4ccccc4)CC4CC4)O[C@@]3(N)[C@H]1C2.[Cl-]. The number of carbonyl (C=O) groups excluding carboxylic acids is 2. The van der Waals surface area contributed by atoms with E-state index in [-0.39, 0.29) is 78.1 Å². The van der Waals surface area contributed by atoms with E-state index in [1.165, 1.54) is 12.8 Å². The van der Waals surface area contributed by atoms with Gasteiger partial charge in [-0.05, 0) is 97.0 Å². The van der Waals surface area contributed by atoms with Crippen molar-refractivity contribution in [2.24, 2.45) is 63.5 Å². The Labute approximate surface area is 394 Å². The average molecular weight is 934 g/mol. The van der Waals surface area contributed by atoms with E-state index in [9.17, 15) is 18.0 Å². The van der Waals surface area contributed by atoms with Crippen molar-refractivity contribution < 1.29 is 49.0 Å². The van der Waals surface area contributed by atoms with Crippen LogP contribution in [0.25, 0.3) is 0 Å². The van der Waals surface area contributed by atoms with E-state index in [0.717, 1.165) is 68.7 Å². The molecule has 0 radical (unpaired) electrons. The summed E-state index contributed by atoms with van der Waals surface area (Å²) in [6.07, 6.45) is 13.1. The van der Waals surface area contributed by atoms with E-state index in [1.807, 2.05) is 60.7 Å². The van der Waals surface area contributed by atoms with E-state index in [0.29, 0.717) is 48.9 Å². The second kappa shape index (κ2) is 18.6. The number of benzene rings is 2. The zero-order valence-electron chi connectivity index (χ0n) is 39.0. The number of halogens is 1. The normalized spacial score (nSPS) is 34.2. The second-order valence-corrected chi connectivity index (χ2v) is 24.4. The van der Waals surface area contributed by atoms with Gasteiger partial charge in [-0.1, -0.05) is 114 Å². The lowest BCUT2D eigenvalue weighted by Gasteiger charge is -2.64. The third-order valence-electron chi connectivity index (χ3n) is 17.4. The number of carbonyl (C=O) groups is 2. The van der Waals surface area contributed by atoms with Gasteiger partial charge >= 0.3 is 14.2 Å². The number of Topliss-reactive ketones (excluding diaryl/α,β-unsaturated/α-hetero) is 2. The lowest BCUT2D eigenvalue weighted by Crippen LogP contribution is -3.00. The predicted octanol–water partition coefficient (Wildman–Crippen LogP) is 3.22. The molecule has 0 spiro atoms. The van der Waals surface area contributed by atoms with Crippen molar-refractivity contribution >= 4 is 35.8 Å². The Balaban J connectivity index is 0.000000176. The van der Waals surface area contributed by atoms with Crippen molar-refractivity contribution in [1.29, 1.82) is 0 Å². The van der Waals surface area contributed by atoms with Crippen LogP contribution in [-0.4, -0.2) is 76.2 Å². The van der Waals surface area contributed by atoms with Gasteiger partial charge in [0, 0.05) is 36.3 Å². The Kier molecular flexibility index (Phi) is 14.1. The Morgan fingerprint density at radius 3 is 1.51 bits per heavy atom. The summed E-state index contributed by atoms with van der Waals surface area (Å²) in [6.45, 7) is 9.15. The molecule has 4 bridgehead atoms. The third-order valence-corrected chi connectivity index (χ3v) is 18.1. The maximum absolute atomic E-state index is 13.5. The van der Waals surface area contributed by atoms with E-state index in [2.05, 4.69) is 32.4 Å². The van der Waals surface area contributed by atoms with Gasteiger partial charge in [0.25, 0.3) is 0 Å². The van der Waals surface area contributed by atoms with Crippen molar-refractivity contribution in [2.75, 3.05) is 6.26 Å². The summed E-state index contributed by atoms with van der Waals surface area (Å²) in [4.78, 5) is 26.5. The number of rotatable bonds is 18. The van der Waals surface area contributed by atoms with Gasteiger partial charge in [-0.25, -0.2) is 13.1 Å². The van der Waals surface area contributed by atoms with Crippen LogP contribution in [0, 0.1) is 46.3 Å². The molecule has 16 heteroatoms. The molecule has 2 aromatic carbocycles. The van der Waals surface area contributed by atoms with E-state index < -0.39 is 40.7 Å². The molecule has 10 fully saturated rings. The van der Waals surface area contributed by atoms with Crippen molar-refractivity contribution in [1.82, 2.24) is 4.72 Å². The maximum Gasteiger partial charge on any atom is 0.462 e. The first-order chi connectivity index (χ1) is 30.2. The monoisotopic (exact) mass is 933 g/mol. The number of hydrogen-bond donors (Lipinski definition) is 4. The summed E-state index contributed by atoms with van der Waals surface area (Å²) >= 11 is 0. The van der Waals surface area contributed by atoms with Crippen LogP contribution in [0.1, 0.15) is 116 Å². The molecule has 2 heterocycles. The molecular weight excluding hydrogens is 862 g/mol. The van der Waals surface area contributed by atoms with Crippen molar-refractivity contribution in [2.45, 2.75) is 165 Å². The highest BCUT2D eigenvalue weighted by atomic mass is 35.5. The van der Waals surface area contributed by atoms with Crippen LogP contribution in [0.15, 0.2) is 60.7 Å². The summed E-state index contributed by atoms with van der Waals surface area (Å²) in [5, 5.41) is 0. The first kappa shape index (κ1) is 49.3. The highest BCUT2D eigenvalue weighted by Gasteiger charge is 2.70. The van der Waals surface area contributed by atoms with Gasteiger partial charge in [-0.15, -0.1) is 0 Å². The zero-order chi connectivity index (χ0) is 45.4. The standard InChI is InChI=1S/C25H37BN2O5S.C24H35BN2O3.ClH/c1-24(2)18-13-22(24)25(27)23(14-18)32-26(33-25)19(11-17-9-10-17)15-21(29)20(28-34(3,30)31)12-16-7-5-4-6-8-16;1-23(2)17-12-21(23)24(27)22(13-17)29-25(30-24)18(10-16-8-9-16)14-20(28)19(26)11-15-6-4-3-5-7-15;/h4-8,17-20,22-23,28H,9-15,27H2,1-3H3;3-7,16-19,21-22H,8-14,26-27H2,1-2H3;1H/p-1/t18-,19+,20?,22-,23+,25-;17-,18+,19?,21-,22+,24-;/m00./s1. The van der Waals surface area contributed by atoms with Gasteiger partial charge in [-0.2, -0.15) is 0 Å². The second-order valence-electron chi connectivity index (χ2n) is 22.7. The molecule has 12 rings (SSSR count). The Hall–Kier alpha value is -2.17. The largest absolute Gasteiger partial charge is 1.00 e. The van der Waals surface area contributed by atoms with Crippen LogP contribution in [0.3, 0.4) is 0 Å². The van der Waals surface area contributed by atoms with Crippen LogP contribution in [0.2, 0.25) is 11.6 Å². The molecule has 2 aromatic rings. The lowest BCUT2D eigenvalue weighted by atomic mass is 9.45. The fourth-order valence-electron chi connectivity index (χ4n) is 12.8. The van der Waals surface area contributed by atoms with Crippen LogP contribution in [-0.2, 0) is 51.1 Å². The van der Waals surface area contributed by atoms with E-state index in [1.54, 1.807) is 0 Å². The number of nitrogens with one attached hydrogen (secondary N) is 1. The highest BCUT2D eigenvalue weighted by molar-refractivity contribution is 7.88. The minimum atomic E-state index is -3.55. The summed E-state index contributed by atoms with van der Waals surface area (Å²) in [7, 11) is -4.46. The maximum atomic E-state index is 13.5. The zero-order valence-corrected chi connectivity index (χ0v) is 40.6. The number of ketones is 2. The molecule has 2 aliphatic heterocycles. The predicted molar refractivity (Wildman–Crippen MR) is 249 cm³/mol.